The highest BCUT2D eigenvalue weighted by molar-refractivity contribution is 8.02. The largest absolute Gasteiger partial charge is 0.466 e. The van der Waals surface area contributed by atoms with Gasteiger partial charge in [0.05, 0.1) is 35.8 Å². The van der Waals surface area contributed by atoms with Gasteiger partial charge in [0.15, 0.2) is 0 Å². The molecule has 6 atom stereocenters. The molecule has 2 N–H and O–H groups in total. The van der Waals surface area contributed by atoms with E-state index in [-0.39, 0.29) is 48.2 Å². The molecule has 8 heteroatoms. The Morgan fingerprint density at radius 1 is 1.34 bits per heavy atom. The van der Waals surface area contributed by atoms with Gasteiger partial charge >= 0.3 is 5.97 Å². The number of fused-ring (bicyclic) bond motifs is 1. The molecule has 0 aromatic carbocycles. The first kappa shape index (κ1) is 22.4. The van der Waals surface area contributed by atoms with Crippen LogP contribution in [0.4, 0.5) is 0 Å². The van der Waals surface area contributed by atoms with E-state index in [4.69, 9.17) is 4.74 Å². The van der Waals surface area contributed by atoms with Crippen molar-refractivity contribution in [3.05, 3.63) is 0 Å². The fraction of sp³-hybridized carbons (Fsp3) is 0.857. The van der Waals surface area contributed by atoms with Gasteiger partial charge in [-0.1, -0.05) is 13.8 Å². The van der Waals surface area contributed by atoms with Gasteiger partial charge in [0.25, 0.3) is 0 Å². The minimum absolute atomic E-state index is 0.0113. The fourth-order valence-corrected chi connectivity index (χ4v) is 7.67. The second kappa shape index (κ2) is 8.46. The number of hydrogen-bond acceptors (Lipinski definition) is 6. The van der Waals surface area contributed by atoms with Crippen LogP contribution >= 0.6 is 11.8 Å². The molecule has 3 rings (SSSR count). The Labute approximate surface area is 177 Å². The summed E-state index contributed by atoms with van der Waals surface area (Å²) in [5.41, 5.74) is 0. The molecule has 2 amide bonds. The summed E-state index contributed by atoms with van der Waals surface area (Å²) in [6, 6.07) is -1.17. The van der Waals surface area contributed by atoms with Crippen molar-refractivity contribution in [3.8, 4) is 0 Å². The zero-order chi connectivity index (χ0) is 21.5. The molecule has 2 unspecified atom stereocenters. The van der Waals surface area contributed by atoms with Gasteiger partial charge in [0.2, 0.25) is 11.8 Å². The number of amides is 2. The van der Waals surface area contributed by atoms with Gasteiger partial charge in [-0.05, 0) is 46.0 Å². The molecule has 0 aromatic rings. The van der Waals surface area contributed by atoms with Crippen molar-refractivity contribution in [3.63, 3.8) is 0 Å². The Morgan fingerprint density at radius 3 is 2.59 bits per heavy atom. The topological polar surface area (TPSA) is 95.9 Å². The molecular formula is C21H34N2O5S. The third-order valence-electron chi connectivity index (χ3n) is 6.32. The lowest BCUT2D eigenvalue weighted by molar-refractivity contribution is -0.154. The van der Waals surface area contributed by atoms with Gasteiger partial charge in [-0.3, -0.25) is 14.4 Å². The third kappa shape index (κ3) is 3.67. The van der Waals surface area contributed by atoms with Crippen molar-refractivity contribution < 1.29 is 24.2 Å². The second-order valence-electron chi connectivity index (χ2n) is 9.18. The van der Waals surface area contributed by atoms with Crippen molar-refractivity contribution in [1.82, 2.24) is 10.2 Å². The van der Waals surface area contributed by atoms with Crippen molar-refractivity contribution in [1.29, 1.82) is 0 Å². The summed E-state index contributed by atoms with van der Waals surface area (Å²) in [5.74, 6) is -1.51. The molecule has 7 nitrogen and oxygen atoms in total. The van der Waals surface area contributed by atoms with Crippen LogP contribution in [0.3, 0.4) is 0 Å². The lowest BCUT2D eigenvalue weighted by Gasteiger charge is -2.37. The lowest BCUT2D eigenvalue weighted by atomic mass is 9.71. The maximum Gasteiger partial charge on any atom is 0.310 e. The number of nitrogens with one attached hydrogen (secondary N) is 1. The predicted molar refractivity (Wildman–Crippen MR) is 111 cm³/mol. The first-order chi connectivity index (χ1) is 13.7. The Kier molecular flexibility index (Phi) is 6.53. The van der Waals surface area contributed by atoms with Gasteiger partial charge in [-0.25, -0.2) is 0 Å². The highest BCUT2D eigenvalue weighted by Gasteiger charge is 2.74. The molecule has 3 fully saturated rings. The van der Waals surface area contributed by atoms with Crippen LogP contribution in [0.1, 0.15) is 53.9 Å². The number of aliphatic hydroxyl groups excluding tert-OH is 1. The van der Waals surface area contributed by atoms with Crippen LogP contribution in [0.5, 0.6) is 0 Å². The van der Waals surface area contributed by atoms with E-state index < -0.39 is 28.7 Å². The van der Waals surface area contributed by atoms with E-state index in [0.717, 1.165) is 12.8 Å². The van der Waals surface area contributed by atoms with Crippen LogP contribution in [0.15, 0.2) is 0 Å². The van der Waals surface area contributed by atoms with Crippen LogP contribution in [-0.2, 0) is 19.1 Å². The average molecular weight is 427 g/mol. The van der Waals surface area contributed by atoms with Crippen molar-refractivity contribution in [2.45, 2.75) is 82.0 Å². The van der Waals surface area contributed by atoms with Crippen LogP contribution in [0.25, 0.3) is 0 Å². The smallest absolute Gasteiger partial charge is 0.310 e. The molecule has 2 bridgehead atoms. The maximum absolute atomic E-state index is 13.7. The first-order valence-electron chi connectivity index (χ1n) is 10.8. The maximum atomic E-state index is 13.7. The summed E-state index contributed by atoms with van der Waals surface area (Å²) in [6.07, 6.45) is 2.13. The number of likely N-dealkylation sites (tertiary alicyclic amines) is 1. The van der Waals surface area contributed by atoms with E-state index in [1.165, 1.54) is 0 Å². The fourth-order valence-electron chi connectivity index (χ4n) is 5.47. The van der Waals surface area contributed by atoms with Gasteiger partial charge in [-0.2, -0.15) is 0 Å². The zero-order valence-electron chi connectivity index (χ0n) is 18.0. The molecule has 0 aromatic heterocycles. The molecule has 3 aliphatic rings. The number of carbonyl (C=O) groups excluding carboxylic acids is 3. The van der Waals surface area contributed by atoms with E-state index >= 15 is 0 Å². The minimum atomic E-state index is -0.673. The number of carbonyl (C=O) groups is 3. The summed E-state index contributed by atoms with van der Waals surface area (Å²) in [4.78, 5) is 41.4. The minimum Gasteiger partial charge on any atom is -0.466 e. The molecule has 1 spiro atoms. The quantitative estimate of drug-likeness (QED) is 0.572. The highest BCUT2D eigenvalue weighted by Crippen LogP contribution is 2.66. The van der Waals surface area contributed by atoms with E-state index in [9.17, 15) is 19.5 Å². The summed E-state index contributed by atoms with van der Waals surface area (Å²) in [7, 11) is 0. The average Bonchev–Trinajstić information content (AvgIpc) is 3.26. The van der Waals surface area contributed by atoms with Crippen LogP contribution in [0, 0.1) is 17.8 Å². The summed E-state index contributed by atoms with van der Waals surface area (Å²) < 4.78 is 4.68. The lowest BCUT2D eigenvalue weighted by Crippen LogP contribution is -2.57. The molecule has 3 heterocycles. The molecule has 29 heavy (non-hydrogen) atoms. The van der Waals surface area contributed by atoms with E-state index in [0.29, 0.717) is 6.42 Å². The summed E-state index contributed by atoms with van der Waals surface area (Å²) in [6.45, 7) is 9.70. The van der Waals surface area contributed by atoms with Gasteiger partial charge < -0.3 is 20.1 Å². The van der Waals surface area contributed by atoms with Crippen LogP contribution < -0.4 is 5.32 Å². The predicted octanol–water partition coefficient (Wildman–Crippen LogP) is 1.57. The Bertz CT molecular complexity index is 669. The number of esters is 1. The van der Waals surface area contributed by atoms with Gasteiger partial charge in [0, 0.05) is 11.3 Å². The number of nitrogens with zero attached hydrogens (tertiary/aromatic N) is 1. The van der Waals surface area contributed by atoms with Crippen molar-refractivity contribution in [2.24, 2.45) is 17.8 Å². The van der Waals surface area contributed by atoms with Crippen LogP contribution in [-0.4, -0.2) is 69.1 Å². The molecule has 3 saturated heterocycles. The number of aliphatic hydroxyl groups is 1. The normalized spacial score (nSPS) is 34.1. The molecule has 0 saturated carbocycles. The van der Waals surface area contributed by atoms with Crippen molar-refractivity contribution >= 4 is 29.5 Å². The first-order valence-corrected chi connectivity index (χ1v) is 11.6. The van der Waals surface area contributed by atoms with Gasteiger partial charge in [-0.15, -0.1) is 11.8 Å². The number of hydrogen-bond donors (Lipinski definition) is 2. The van der Waals surface area contributed by atoms with Crippen molar-refractivity contribution in [2.75, 3.05) is 13.2 Å². The molecular weight excluding hydrogens is 392 g/mol. The van der Waals surface area contributed by atoms with Gasteiger partial charge in [0.1, 0.15) is 6.04 Å². The molecule has 164 valence electrons. The van der Waals surface area contributed by atoms with E-state index in [1.54, 1.807) is 23.6 Å². The van der Waals surface area contributed by atoms with E-state index in [1.807, 2.05) is 27.7 Å². The van der Waals surface area contributed by atoms with Crippen LogP contribution in [0.2, 0.25) is 0 Å². The Balaban J connectivity index is 2.04. The zero-order valence-corrected chi connectivity index (χ0v) is 18.8. The monoisotopic (exact) mass is 426 g/mol. The second-order valence-corrected chi connectivity index (χ2v) is 10.8. The Hall–Kier alpha value is -1.28. The number of thioether (sulfide) groups is 1. The standard InChI is InChI=1S/C21H34N2O5S/c1-6-28-20(27)15-14-7-8-21(29-14)16(15)19(26)23(13(10-24)9-11(2)3)17(21)18(25)22-12(4)5/h11-17,24H,6-10H2,1-5H3,(H,22,25)/t13-,14+,15-,16+,17?,21?/m1/s1. The molecule has 0 radical (unpaired) electrons. The summed E-state index contributed by atoms with van der Waals surface area (Å²) >= 11 is 1.62. The SMILES string of the molecule is CCOC(=O)[C@@H]1[C@@H]2CCC3(S2)C(C(=O)NC(C)C)N([C@@H](CO)CC(C)C)C(=O)[C@H]13. The summed E-state index contributed by atoms with van der Waals surface area (Å²) in [5, 5.41) is 13.1. The van der Waals surface area contributed by atoms with E-state index in [2.05, 4.69) is 5.32 Å². The molecule has 3 aliphatic heterocycles. The number of rotatable bonds is 8. The molecule has 0 aliphatic carbocycles. The third-order valence-corrected chi connectivity index (χ3v) is 8.28. The number of ether oxygens (including phenoxy) is 1. The highest BCUT2D eigenvalue weighted by atomic mass is 32.2. The Morgan fingerprint density at radius 2 is 2.03 bits per heavy atom.